The van der Waals surface area contributed by atoms with E-state index >= 15 is 0 Å². The molecule has 0 N–H and O–H groups in total. The van der Waals surface area contributed by atoms with Crippen LogP contribution >= 0.6 is 0 Å². The van der Waals surface area contributed by atoms with Crippen molar-refractivity contribution >= 4 is 5.97 Å². The number of rotatable bonds is 8. The van der Waals surface area contributed by atoms with Crippen LogP contribution < -0.4 is 0 Å². The van der Waals surface area contributed by atoms with E-state index in [4.69, 9.17) is 0 Å². The maximum absolute atomic E-state index is 11.2. The van der Waals surface area contributed by atoms with Crippen LogP contribution in [0, 0.1) is 0 Å². The molecule has 0 heterocycles. The van der Waals surface area contributed by atoms with Crippen molar-refractivity contribution in [3.63, 3.8) is 0 Å². The average Bonchev–Trinajstić information content (AvgIpc) is 2.38. The Morgan fingerprint density at radius 2 is 1.89 bits per heavy atom. The van der Waals surface area contributed by atoms with Crippen LogP contribution in [0.25, 0.3) is 0 Å². The summed E-state index contributed by atoms with van der Waals surface area (Å²) in [4.78, 5) is 19.9. The molecule has 18 heavy (non-hydrogen) atoms. The van der Waals surface area contributed by atoms with Gasteiger partial charge in [-0.2, -0.15) is 4.89 Å². The molecule has 0 aliphatic heterocycles. The van der Waals surface area contributed by atoms with Crippen molar-refractivity contribution in [3.8, 4) is 0 Å². The molecule has 0 fully saturated rings. The Balaban J connectivity index is 2.41. The molecule has 100 valence electrons. The highest BCUT2D eigenvalue weighted by molar-refractivity contribution is 5.69. The van der Waals surface area contributed by atoms with Gasteiger partial charge in [-0.25, -0.2) is 4.79 Å². The Morgan fingerprint density at radius 3 is 2.56 bits per heavy atom. The van der Waals surface area contributed by atoms with Crippen molar-refractivity contribution < 1.29 is 14.6 Å². The quantitative estimate of drug-likeness (QED) is 0.402. The van der Waals surface area contributed by atoms with E-state index in [1.54, 1.807) is 0 Å². The van der Waals surface area contributed by atoms with Gasteiger partial charge in [-0.15, -0.1) is 0 Å². The van der Waals surface area contributed by atoms with Crippen LogP contribution in [0.3, 0.4) is 0 Å². The molecule has 0 atom stereocenters. The SMILES string of the molecule is CCCCCc1cccc(CCC(=O)OOC)c1. The zero-order valence-corrected chi connectivity index (χ0v) is 11.3. The van der Waals surface area contributed by atoms with Crippen LogP contribution in [0.5, 0.6) is 0 Å². The minimum absolute atomic E-state index is 0.325. The van der Waals surface area contributed by atoms with E-state index in [0.717, 1.165) is 6.42 Å². The summed E-state index contributed by atoms with van der Waals surface area (Å²) in [6.07, 6.45) is 5.90. The van der Waals surface area contributed by atoms with E-state index in [0.29, 0.717) is 12.8 Å². The molecule has 0 saturated carbocycles. The first-order chi connectivity index (χ1) is 8.76. The lowest BCUT2D eigenvalue weighted by Gasteiger charge is -2.05. The summed E-state index contributed by atoms with van der Waals surface area (Å²) in [7, 11) is 1.34. The largest absolute Gasteiger partial charge is 0.342 e. The van der Waals surface area contributed by atoms with Gasteiger partial charge in [-0.05, 0) is 30.4 Å². The Morgan fingerprint density at radius 1 is 1.17 bits per heavy atom. The predicted octanol–water partition coefficient (Wildman–Crippen LogP) is 3.46. The zero-order chi connectivity index (χ0) is 13.2. The van der Waals surface area contributed by atoms with Crippen LogP contribution in [0.1, 0.15) is 43.7 Å². The first-order valence-corrected chi connectivity index (χ1v) is 6.57. The molecule has 0 radical (unpaired) electrons. The summed E-state index contributed by atoms with van der Waals surface area (Å²) in [5.41, 5.74) is 2.53. The fraction of sp³-hybridized carbons (Fsp3) is 0.533. The van der Waals surface area contributed by atoms with Crippen molar-refractivity contribution in [1.82, 2.24) is 0 Å². The second kappa shape index (κ2) is 8.70. The topological polar surface area (TPSA) is 35.5 Å². The molecule has 0 spiro atoms. The lowest BCUT2D eigenvalue weighted by atomic mass is 10.0. The molecular weight excluding hydrogens is 228 g/mol. The second-order valence-corrected chi connectivity index (χ2v) is 4.40. The smallest absolute Gasteiger partial charge is 0.299 e. The van der Waals surface area contributed by atoms with Gasteiger partial charge in [-0.1, -0.05) is 44.0 Å². The summed E-state index contributed by atoms with van der Waals surface area (Å²) in [6.45, 7) is 2.21. The number of hydrogen-bond acceptors (Lipinski definition) is 3. The molecule has 0 aliphatic rings. The van der Waals surface area contributed by atoms with E-state index in [1.807, 2.05) is 6.07 Å². The summed E-state index contributed by atoms with van der Waals surface area (Å²) in [5.74, 6) is -0.325. The van der Waals surface area contributed by atoms with Crippen LogP contribution in [0.2, 0.25) is 0 Å². The van der Waals surface area contributed by atoms with Gasteiger partial charge in [0.05, 0.1) is 13.5 Å². The number of aryl methyl sites for hydroxylation is 2. The maximum atomic E-state index is 11.2. The Kier molecular flexibility index (Phi) is 7.11. The van der Waals surface area contributed by atoms with E-state index < -0.39 is 0 Å². The van der Waals surface area contributed by atoms with Crippen LogP contribution in [0.15, 0.2) is 24.3 Å². The first kappa shape index (κ1) is 14.7. The zero-order valence-electron chi connectivity index (χ0n) is 11.3. The highest BCUT2D eigenvalue weighted by atomic mass is 17.2. The van der Waals surface area contributed by atoms with E-state index in [-0.39, 0.29) is 5.97 Å². The second-order valence-electron chi connectivity index (χ2n) is 4.40. The van der Waals surface area contributed by atoms with Crippen molar-refractivity contribution in [2.45, 2.75) is 45.4 Å². The first-order valence-electron chi connectivity index (χ1n) is 6.57. The summed E-state index contributed by atoms with van der Waals surface area (Å²) in [5, 5.41) is 0. The van der Waals surface area contributed by atoms with Crippen molar-refractivity contribution in [2.75, 3.05) is 7.11 Å². The third-order valence-corrected chi connectivity index (χ3v) is 2.85. The molecule has 3 nitrogen and oxygen atoms in total. The monoisotopic (exact) mass is 250 g/mol. The molecule has 1 aromatic carbocycles. The molecule has 1 aromatic rings. The van der Waals surface area contributed by atoms with Gasteiger partial charge in [-0.3, -0.25) is 4.89 Å². The minimum Gasteiger partial charge on any atom is -0.299 e. The van der Waals surface area contributed by atoms with Gasteiger partial charge < -0.3 is 0 Å². The molecular formula is C15H22O3. The minimum atomic E-state index is -0.325. The molecule has 0 aliphatic carbocycles. The molecule has 1 rings (SSSR count). The molecule has 0 bridgehead atoms. The normalized spacial score (nSPS) is 10.3. The van der Waals surface area contributed by atoms with Crippen LogP contribution in [0.4, 0.5) is 0 Å². The Bertz CT molecular complexity index is 361. The lowest BCUT2D eigenvalue weighted by molar-refractivity contribution is -0.254. The van der Waals surface area contributed by atoms with Crippen molar-refractivity contribution in [3.05, 3.63) is 35.4 Å². The predicted molar refractivity (Wildman–Crippen MR) is 71.1 cm³/mol. The Labute approximate surface area is 109 Å². The number of benzene rings is 1. The number of carbonyl (C=O) groups is 1. The number of hydrogen-bond donors (Lipinski definition) is 0. The molecule has 3 heteroatoms. The Hall–Kier alpha value is -1.35. The van der Waals surface area contributed by atoms with Crippen LogP contribution in [-0.4, -0.2) is 13.1 Å². The average molecular weight is 250 g/mol. The molecule has 0 unspecified atom stereocenters. The lowest BCUT2D eigenvalue weighted by Crippen LogP contribution is -2.04. The van der Waals surface area contributed by atoms with Gasteiger partial charge >= 0.3 is 5.97 Å². The molecule has 0 saturated heterocycles. The molecule has 0 aromatic heterocycles. The van der Waals surface area contributed by atoms with Gasteiger partial charge in [0.15, 0.2) is 0 Å². The van der Waals surface area contributed by atoms with Crippen molar-refractivity contribution in [1.29, 1.82) is 0 Å². The third-order valence-electron chi connectivity index (χ3n) is 2.85. The van der Waals surface area contributed by atoms with E-state index in [1.165, 1.54) is 37.5 Å². The highest BCUT2D eigenvalue weighted by Crippen LogP contribution is 2.11. The van der Waals surface area contributed by atoms with Gasteiger partial charge in [0.2, 0.25) is 0 Å². The molecule has 0 amide bonds. The van der Waals surface area contributed by atoms with Gasteiger partial charge in [0.1, 0.15) is 0 Å². The standard InChI is InChI=1S/C15H22O3/c1-3-4-5-7-13-8-6-9-14(12-13)10-11-15(16)18-17-2/h6,8-9,12H,3-5,7,10-11H2,1-2H3. The third kappa shape index (κ3) is 5.82. The number of carbonyl (C=O) groups excluding carboxylic acids is 1. The van der Waals surface area contributed by atoms with E-state index in [2.05, 4.69) is 34.9 Å². The fourth-order valence-corrected chi connectivity index (χ4v) is 1.90. The highest BCUT2D eigenvalue weighted by Gasteiger charge is 2.04. The van der Waals surface area contributed by atoms with E-state index in [9.17, 15) is 4.79 Å². The summed E-state index contributed by atoms with van der Waals surface area (Å²) >= 11 is 0. The number of unbranched alkanes of at least 4 members (excludes halogenated alkanes) is 2. The summed E-state index contributed by atoms with van der Waals surface area (Å²) < 4.78 is 0. The van der Waals surface area contributed by atoms with Crippen molar-refractivity contribution in [2.24, 2.45) is 0 Å². The maximum Gasteiger partial charge on any atom is 0.342 e. The van der Waals surface area contributed by atoms with Gasteiger partial charge in [0, 0.05) is 0 Å². The fourth-order valence-electron chi connectivity index (χ4n) is 1.90. The summed E-state index contributed by atoms with van der Waals surface area (Å²) in [6, 6.07) is 8.42. The van der Waals surface area contributed by atoms with Crippen LogP contribution in [-0.2, 0) is 27.4 Å². The van der Waals surface area contributed by atoms with Gasteiger partial charge in [0.25, 0.3) is 0 Å².